The summed E-state index contributed by atoms with van der Waals surface area (Å²) in [6.07, 6.45) is 29.9. The fourth-order valence-electron chi connectivity index (χ4n) is 4.56. The number of H-pyrrole nitrogens is 4. The van der Waals surface area contributed by atoms with Crippen LogP contribution in [0, 0.1) is 0 Å². The van der Waals surface area contributed by atoms with Crippen molar-refractivity contribution in [3.63, 3.8) is 0 Å². The molecule has 0 spiro atoms. The van der Waals surface area contributed by atoms with Gasteiger partial charge in [0.25, 0.3) is 0 Å². The number of hydrogen-bond donors (Lipinski definition) is 4. The van der Waals surface area contributed by atoms with E-state index in [1.165, 1.54) is 21.7 Å². The Bertz CT molecular complexity index is 2210. The number of imidazole rings is 1. The van der Waals surface area contributed by atoms with E-state index in [2.05, 4.69) is 117 Å². The second-order valence-corrected chi connectivity index (χ2v) is 14.1. The molecular formula is C61H76N10S2. The Labute approximate surface area is 444 Å². The van der Waals surface area contributed by atoms with Crippen LogP contribution in [0.5, 0.6) is 0 Å². The lowest BCUT2D eigenvalue weighted by atomic mass is 10.1. The van der Waals surface area contributed by atoms with Gasteiger partial charge in [-0.25, -0.2) is 4.98 Å². The summed E-state index contributed by atoms with van der Waals surface area (Å²) in [5.74, 6) is 0. The Morgan fingerprint density at radius 3 is 0.904 bits per heavy atom. The first kappa shape index (κ1) is 68.4. The molecule has 9 heterocycles. The Kier molecular flexibility index (Phi) is 50.7. The van der Waals surface area contributed by atoms with Crippen LogP contribution in [0.1, 0.15) is 37.1 Å². The monoisotopic (exact) mass is 1010 g/mol. The van der Waals surface area contributed by atoms with Crippen molar-refractivity contribution in [1.29, 1.82) is 0 Å². The summed E-state index contributed by atoms with van der Waals surface area (Å²) < 4.78 is 0. The molecule has 0 saturated carbocycles. The Hall–Kier alpha value is -8.84. The van der Waals surface area contributed by atoms with E-state index in [-0.39, 0.29) is 37.1 Å². The topological polar surface area (TPSA) is 140 Å². The fraction of sp³-hybridized carbons (Fsp3) is 0.0820. The second-order valence-electron chi connectivity index (χ2n) is 12.5. The van der Waals surface area contributed by atoms with Gasteiger partial charge in [0.1, 0.15) is 0 Å². The maximum absolute atomic E-state index is 3.78. The first-order chi connectivity index (χ1) is 33.9. The van der Waals surface area contributed by atoms with E-state index in [1.54, 1.807) is 103 Å². The van der Waals surface area contributed by atoms with Crippen molar-refractivity contribution in [1.82, 2.24) is 49.8 Å². The molecule has 0 radical (unpaired) electrons. The number of aromatic nitrogens is 10. The van der Waals surface area contributed by atoms with E-state index in [0.29, 0.717) is 0 Å². The van der Waals surface area contributed by atoms with Crippen LogP contribution in [-0.2, 0) is 0 Å². The molecule has 13 aromatic rings. The van der Waals surface area contributed by atoms with Crippen LogP contribution in [0.2, 0.25) is 0 Å². The number of thiophene rings is 1. The zero-order valence-corrected chi connectivity index (χ0v) is 39.2. The van der Waals surface area contributed by atoms with Gasteiger partial charge in [-0.2, -0.15) is 11.3 Å². The molecule has 12 heteroatoms. The SMILES string of the molecule is C.C.C.C.C.c1c[nH]cn1.c1cc[nH]c1.c1cc[nH]c1.c1ccc2[nH]ccc2c1.c1ccc2ccccc2c1.c1ccccc1.c1ccncc1.c1ccncc1.c1ccsc1.c1cnccn1.c1cscn1. The molecule has 10 nitrogen and oxygen atoms in total. The molecule has 4 aromatic carbocycles. The van der Waals surface area contributed by atoms with Gasteiger partial charge in [-0.15, -0.1) is 11.3 Å². The minimum absolute atomic E-state index is 0. The Morgan fingerprint density at radius 2 is 0.671 bits per heavy atom. The highest BCUT2D eigenvalue weighted by molar-refractivity contribution is 7.07. The fourth-order valence-corrected chi connectivity index (χ4v) is 5.37. The highest BCUT2D eigenvalue weighted by Crippen LogP contribution is 2.11. The van der Waals surface area contributed by atoms with E-state index in [0.717, 1.165) is 0 Å². The molecule has 0 unspecified atom stereocenters. The molecule has 9 aromatic heterocycles. The maximum Gasteiger partial charge on any atom is 0.0919 e. The lowest BCUT2D eigenvalue weighted by molar-refractivity contribution is 1.20. The van der Waals surface area contributed by atoms with Crippen LogP contribution in [0.15, 0.2) is 315 Å². The summed E-state index contributed by atoms with van der Waals surface area (Å²) in [4.78, 5) is 34.0. The first-order valence-corrected chi connectivity index (χ1v) is 23.1. The molecule has 13 rings (SSSR count). The Morgan fingerprint density at radius 1 is 0.260 bits per heavy atom. The van der Waals surface area contributed by atoms with Crippen LogP contribution < -0.4 is 0 Å². The van der Waals surface area contributed by atoms with Gasteiger partial charge in [-0.1, -0.05) is 165 Å². The normalized spacial score (nSPS) is 8.00. The standard InChI is InChI=1S/C10H8.C8H7N.C6H6.2C5H5N.C4H4N2.2C4H5N.C4H4S.C3H4N2.C3H3NS.5CH4/c1-2-6-10-8-4-3-7-9(10)5-1;1-2-4-8-7(3-1)5-6-9-8;3*1-2-4-6-5-3-1;1-2-6-4-3-5-1;3*1-2-4-5-3-1;2*1-2-5-3-4-1;;;;;/h1-8H;1-6,9H;1-6H;2*1-5H;1-4H;2*1-5H;1-4H;1-3H,(H,4,5);1-3H;5*1H4. The van der Waals surface area contributed by atoms with Gasteiger partial charge < -0.3 is 19.9 Å². The summed E-state index contributed by atoms with van der Waals surface area (Å²) in [6.45, 7) is 0. The van der Waals surface area contributed by atoms with E-state index in [1.807, 2.05) is 168 Å². The molecule has 0 aliphatic rings. The molecule has 0 amide bonds. The summed E-state index contributed by atoms with van der Waals surface area (Å²) in [5.41, 5.74) is 3.00. The third-order valence-electron chi connectivity index (χ3n) is 7.57. The van der Waals surface area contributed by atoms with E-state index >= 15 is 0 Å². The molecule has 0 fully saturated rings. The number of nitrogens with zero attached hydrogens (tertiary/aromatic N) is 6. The summed E-state index contributed by atoms with van der Waals surface area (Å²) in [5, 5.41) is 9.91. The average molecular weight is 1010 g/mol. The Balaban J connectivity index is -0.000000740. The van der Waals surface area contributed by atoms with Crippen LogP contribution in [-0.4, -0.2) is 49.8 Å². The van der Waals surface area contributed by atoms with Gasteiger partial charge in [0, 0.05) is 110 Å². The zero-order chi connectivity index (χ0) is 47.6. The van der Waals surface area contributed by atoms with Crippen molar-refractivity contribution in [3.8, 4) is 0 Å². The number of aromatic amines is 4. The number of para-hydroxylation sites is 1. The number of nitrogens with one attached hydrogen (secondary N) is 4. The zero-order valence-electron chi connectivity index (χ0n) is 37.5. The molecule has 73 heavy (non-hydrogen) atoms. The number of rotatable bonds is 0. The average Bonchev–Trinajstić information content (AvgIpc) is 4.29. The maximum atomic E-state index is 3.78. The minimum Gasteiger partial charge on any atom is -0.368 e. The van der Waals surface area contributed by atoms with Gasteiger partial charge in [-0.05, 0) is 87.6 Å². The number of thiazole rings is 1. The number of pyridine rings is 2. The molecule has 382 valence electrons. The lowest BCUT2D eigenvalue weighted by Crippen LogP contribution is -1.67. The third-order valence-corrected chi connectivity index (χ3v) is 8.72. The summed E-state index contributed by atoms with van der Waals surface area (Å²) in [6, 6.07) is 62.2. The van der Waals surface area contributed by atoms with E-state index in [9.17, 15) is 0 Å². The van der Waals surface area contributed by atoms with Crippen molar-refractivity contribution in [2.45, 2.75) is 37.1 Å². The van der Waals surface area contributed by atoms with Crippen LogP contribution in [0.3, 0.4) is 0 Å². The predicted molar refractivity (Wildman–Crippen MR) is 319 cm³/mol. The lowest BCUT2D eigenvalue weighted by Gasteiger charge is -1.92. The van der Waals surface area contributed by atoms with Gasteiger partial charge in [0.05, 0.1) is 11.8 Å². The van der Waals surface area contributed by atoms with Gasteiger partial charge in [0.15, 0.2) is 0 Å². The molecule has 0 saturated heterocycles. The number of hydrogen-bond acceptors (Lipinski definition) is 8. The van der Waals surface area contributed by atoms with Crippen molar-refractivity contribution in [2.24, 2.45) is 0 Å². The minimum atomic E-state index is 0. The van der Waals surface area contributed by atoms with Crippen molar-refractivity contribution >= 4 is 44.3 Å². The molecule has 0 aliphatic carbocycles. The predicted octanol–water partition coefficient (Wildman–Crippen LogP) is 17.8. The summed E-state index contributed by atoms with van der Waals surface area (Å²) >= 11 is 3.31. The van der Waals surface area contributed by atoms with Gasteiger partial charge >= 0.3 is 0 Å². The highest BCUT2D eigenvalue weighted by Gasteiger charge is 1.87. The number of fused-ring (bicyclic) bond motifs is 2. The molecule has 0 atom stereocenters. The largest absolute Gasteiger partial charge is 0.368 e. The third kappa shape index (κ3) is 41.8. The van der Waals surface area contributed by atoms with E-state index < -0.39 is 0 Å². The first-order valence-electron chi connectivity index (χ1n) is 21.2. The van der Waals surface area contributed by atoms with Crippen molar-refractivity contribution in [2.75, 3.05) is 0 Å². The quantitative estimate of drug-likeness (QED) is 0.119. The van der Waals surface area contributed by atoms with Crippen LogP contribution >= 0.6 is 22.7 Å². The van der Waals surface area contributed by atoms with Crippen molar-refractivity contribution in [3.05, 3.63) is 315 Å². The summed E-state index contributed by atoms with van der Waals surface area (Å²) in [7, 11) is 0. The van der Waals surface area contributed by atoms with Crippen LogP contribution in [0.25, 0.3) is 21.7 Å². The van der Waals surface area contributed by atoms with E-state index in [4.69, 9.17) is 0 Å². The molecular weight excluding hydrogens is 937 g/mol. The molecule has 0 aliphatic heterocycles. The van der Waals surface area contributed by atoms with Crippen molar-refractivity contribution < 1.29 is 0 Å². The smallest absolute Gasteiger partial charge is 0.0919 e. The number of benzene rings is 4. The molecule has 0 bridgehead atoms. The van der Waals surface area contributed by atoms with Crippen LogP contribution in [0.4, 0.5) is 0 Å². The highest BCUT2D eigenvalue weighted by atomic mass is 32.1. The van der Waals surface area contributed by atoms with Gasteiger partial charge in [-0.3, -0.25) is 24.9 Å². The second kappa shape index (κ2) is 54.1. The molecule has 4 N–H and O–H groups in total. The van der Waals surface area contributed by atoms with Gasteiger partial charge in [0.2, 0.25) is 0 Å².